The summed E-state index contributed by atoms with van der Waals surface area (Å²) in [6.07, 6.45) is 2.35. The highest BCUT2D eigenvalue weighted by Gasteiger charge is 2.25. The van der Waals surface area contributed by atoms with E-state index in [4.69, 9.17) is 4.74 Å². The lowest BCUT2D eigenvalue weighted by Crippen LogP contribution is -2.50. The fourth-order valence-corrected chi connectivity index (χ4v) is 3.50. The molecule has 0 bridgehead atoms. The Hall–Kier alpha value is -1.92. The molecule has 1 aromatic carbocycles. The first kappa shape index (κ1) is 18.9. The summed E-state index contributed by atoms with van der Waals surface area (Å²) in [5.41, 5.74) is 1.72. The molecule has 2 atom stereocenters. The van der Waals surface area contributed by atoms with Gasteiger partial charge in [0, 0.05) is 37.8 Å². The van der Waals surface area contributed by atoms with E-state index in [0.29, 0.717) is 19.7 Å². The maximum Gasteiger partial charge on any atom is 0.253 e. The van der Waals surface area contributed by atoms with Gasteiger partial charge in [0.15, 0.2) is 0 Å². The smallest absolute Gasteiger partial charge is 0.253 e. The van der Waals surface area contributed by atoms with Crippen LogP contribution in [0, 0.1) is 0 Å². The summed E-state index contributed by atoms with van der Waals surface area (Å²) in [6.45, 7) is 8.13. The zero-order valence-electron chi connectivity index (χ0n) is 15.7. The molecule has 6 heteroatoms. The minimum Gasteiger partial charge on any atom is -0.376 e. The maximum absolute atomic E-state index is 12.3. The van der Waals surface area contributed by atoms with Crippen LogP contribution in [0.3, 0.4) is 0 Å². The van der Waals surface area contributed by atoms with Crippen molar-refractivity contribution < 1.29 is 14.3 Å². The number of benzene rings is 1. The van der Waals surface area contributed by atoms with E-state index in [-0.39, 0.29) is 24.0 Å². The Morgan fingerprint density at radius 3 is 2.54 bits per heavy atom. The Morgan fingerprint density at radius 2 is 1.85 bits per heavy atom. The second-order valence-electron chi connectivity index (χ2n) is 7.40. The highest BCUT2D eigenvalue weighted by Crippen LogP contribution is 2.14. The second kappa shape index (κ2) is 8.64. The molecule has 0 radical (unpaired) electrons. The molecule has 3 rings (SSSR count). The number of likely N-dealkylation sites (tertiary alicyclic amines) is 1. The van der Waals surface area contributed by atoms with Crippen molar-refractivity contribution in [2.24, 2.45) is 0 Å². The Labute approximate surface area is 155 Å². The van der Waals surface area contributed by atoms with Crippen molar-refractivity contribution >= 4 is 11.8 Å². The molecule has 6 nitrogen and oxygen atoms in total. The van der Waals surface area contributed by atoms with Crippen LogP contribution in [0.15, 0.2) is 24.3 Å². The zero-order valence-corrected chi connectivity index (χ0v) is 15.7. The van der Waals surface area contributed by atoms with Gasteiger partial charge in [-0.05, 0) is 44.4 Å². The molecule has 0 aromatic heterocycles. The number of rotatable bonds is 5. The normalized spacial score (nSPS) is 23.8. The van der Waals surface area contributed by atoms with Crippen molar-refractivity contribution in [1.29, 1.82) is 0 Å². The Kier molecular flexibility index (Phi) is 6.27. The van der Waals surface area contributed by atoms with Crippen molar-refractivity contribution in [3.05, 3.63) is 35.4 Å². The average Bonchev–Trinajstić information content (AvgIpc) is 3.17. The molecule has 0 spiro atoms. The fourth-order valence-electron chi connectivity index (χ4n) is 3.50. The maximum atomic E-state index is 12.3. The fraction of sp³-hybridized carbons (Fsp3) is 0.600. The van der Waals surface area contributed by atoms with Gasteiger partial charge in [0.1, 0.15) is 0 Å². The van der Waals surface area contributed by atoms with Crippen molar-refractivity contribution in [3.8, 4) is 0 Å². The van der Waals surface area contributed by atoms with E-state index in [1.807, 2.05) is 36.1 Å². The number of morpholine rings is 1. The molecular formula is C20H29N3O3. The van der Waals surface area contributed by atoms with Gasteiger partial charge in [-0.2, -0.15) is 0 Å². The number of hydrogen-bond acceptors (Lipinski definition) is 4. The third kappa shape index (κ3) is 4.83. The number of ether oxygens (including phenoxy) is 1. The lowest BCUT2D eigenvalue weighted by atomic mass is 10.1. The van der Waals surface area contributed by atoms with Crippen molar-refractivity contribution in [2.45, 2.75) is 45.4 Å². The van der Waals surface area contributed by atoms with Gasteiger partial charge in [-0.3, -0.25) is 14.5 Å². The molecule has 1 N–H and O–H groups in total. The van der Waals surface area contributed by atoms with Crippen LogP contribution >= 0.6 is 0 Å². The molecule has 2 unspecified atom stereocenters. The molecule has 1 aromatic rings. The quantitative estimate of drug-likeness (QED) is 0.868. The number of hydrogen-bond donors (Lipinski definition) is 1. The zero-order chi connectivity index (χ0) is 18.5. The van der Waals surface area contributed by atoms with Crippen molar-refractivity contribution in [3.63, 3.8) is 0 Å². The van der Waals surface area contributed by atoms with Crippen molar-refractivity contribution in [1.82, 2.24) is 15.1 Å². The van der Waals surface area contributed by atoms with Crippen molar-refractivity contribution in [2.75, 3.05) is 32.8 Å². The molecule has 0 aliphatic carbocycles. The standard InChI is InChI=1S/C20H29N3O3/c1-15-14-26-16(2)12-23(15)13-19(24)21-11-17-5-7-18(8-6-17)20(25)22-9-3-4-10-22/h5-8,15-16H,3-4,9-14H2,1-2H3,(H,21,24). The molecule has 142 valence electrons. The lowest BCUT2D eigenvalue weighted by Gasteiger charge is -2.36. The summed E-state index contributed by atoms with van der Waals surface area (Å²) in [5.74, 6) is 0.122. The van der Waals surface area contributed by atoms with Crippen LogP contribution in [0.5, 0.6) is 0 Å². The second-order valence-corrected chi connectivity index (χ2v) is 7.40. The van der Waals surface area contributed by atoms with E-state index in [1.165, 1.54) is 0 Å². The molecular weight excluding hydrogens is 330 g/mol. The average molecular weight is 359 g/mol. The van der Waals surface area contributed by atoms with Crippen LogP contribution in [0.25, 0.3) is 0 Å². The van der Waals surface area contributed by atoms with Crippen LogP contribution in [0.1, 0.15) is 42.6 Å². The lowest BCUT2D eigenvalue weighted by molar-refractivity contribution is -0.126. The van der Waals surface area contributed by atoms with Gasteiger partial charge >= 0.3 is 0 Å². The van der Waals surface area contributed by atoms with Gasteiger partial charge in [0.2, 0.25) is 5.91 Å². The highest BCUT2D eigenvalue weighted by atomic mass is 16.5. The number of carbonyl (C=O) groups is 2. The van der Waals surface area contributed by atoms with E-state index in [9.17, 15) is 9.59 Å². The highest BCUT2D eigenvalue weighted by molar-refractivity contribution is 5.94. The first-order valence-electron chi connectivity index (χ1n) is 9.53. The molecule has 2 aliphatic heterocycles. The largest absolute Gasteiger partial charge is 0.376 e. The van der Waals surface area contributed by atoms with Gasteiger partial charge in [-0.15, -0.1) is 0 Å². The number of amides is 2. The molecule has 0 saturated carbocycles. The summed E-state index contributed by atoms with van der Waals surface area (Å²) in [4.78, 5) is 28.6. The molecule has 2 saturated heterocycles. The molecule has 2 fully saturated rings. The van der Waals surface area contributed by atoms with E-state index >= 15 is 0 Å². The Bertz CT molecular complexity index is 626. The summed E-state index contributed by atoms with van der Waals surface area (Å²) in [7, 11) is 0. The van der Waals surface area contributed by atoms with E-state index in [2.05, 4.69) is 17.1 Å². The van der Waals surface area contributed by atoms with Gasteiger partial charge in [-0.1, -0.05) is 12.1 Å². The first-order valence-corrected chi connectivity index (χ1v) is 9.53. The van der Waals surface area contributed by atoms with Crippen LogP contribution in [0.2, 0.25) is 0 Å². The van der Waals surface area contributed by atoms with Crippen LogP contribution in [0.4, 0.5) is 0 Å². The third-order valence-corrected chi connectivity index (χ3v) is 5.17. The van der Waals surface area contributed by atoms with Gasteiger partial charge < -0.3 is 15.0 Å². The SMILES string of the molecule is CC1CN(CC(=O)NCc2ccc(C(=O)N3CCCC3)cc2)C(C)CO1. The third-order valence-electron chi connectivity index (χ3n) is 5.17. The van der Waals surface area contributed by atoms with Crippen LogP contribution in [-0.4, -0.2) is 66.5 Å². The Balaban J connectivity index is 1.46. The van der Waals surface area contributed by atoms with E-state index in [0.717, 1.165) is 43.6 Å². The minimum absolute atomic E-state index is 0.0168. The summed E-state index contributed by atoms with van der Waals surface area (Å²) in [5, 5.41) is 2.97. The molecule has 2 aliphatic rings. The van der Waals surface area contributed by atoms with Crippen LogP contribution in [-0.2, 0) is 16.1 Å². The van der Waals surface area contributed by atoms with E-state index in [1.54, 1.807) is 0 Å². The minimum atomic E-state index is 0.0168. The predicted octanol–water partition coefficient (Wildman–Crippen LogP) is 1.65. The Morgan fingerprint density at radius 1 is 1.15 bits per heavy atom. The number of nitrogens with one attached hydrogen (secondary N) is 1. The van der Waals surface area contributed by atoms with Gasteiger partial charge in [-0.25, -0.2) is 0 Å². The molecule has 26 heavy (non-hydrogen) atoms. The summed E-state index contributed by atoms with van der Waals surface area (Å²) < 4.78 is 5.59. The van der Waals surface area contributed by atoms with E-state index < -0.39 is 0 Å². The summed E-state index contributed by atoms with van der Waals surface area (Å²) >= 11 is 0. The summed E-state index contributed by atoms with van der Waals surface area (Å²) in [6, 6.07) is 7.81. The van der Waals surface area contributed by atoms with Gasteiger partial charge in [0.05, 0.1) is 19.3 Å². The molecule has 2 amide bonds. The number of nitrogens with zero attached hydrogens (tertiary/aromatic N) is 2. The molecule has 2 heterocycles. The van der Waals surface area contributed by atoms with Gasteiger partial charge in [0.25, 0.3) is 5.91 Å². The topological polar surface area (TPSA) is 61.9 Å². The monoisotopic (exact) mass is 359 g/mol. The first-order chi connectivity index (χ1) is 12.5. The number of carbonyl (C=O) groups excluding carboxylic acids is 2. The predicted molar refractivity (Wildman–Crippen MR) is 99.9 cm³/mol. The van der Waals surface area contributed by atoms with Crippen LogP contribution < -0.4 is 5.32 Å².